The molecule has 0 saturated heterocycles. The quantitative estimate of drug-likeness (QED) is 0.739. The Balaban J connectivity index is 2.68. The van der Waals surface area contributed by atoms with Crippen molar-refractivity contribution in [1.29, 1.82) is 0 Å². The van der Waals surface area contributed by atoms with Crippen molar-refractivity contribution in [2.75, 3.05) is 12.3 Å². The molecule has 1 rings (SSSR count). The van der Waals surface area contributed by atoms with Gasteiger partial charge in [0.1, 0.15) is 4.21 Å². The molecule has 0 aliphatic rings. The van der Waals surface area contributed by atoms with Gasteiger partial charge in [0.2, 0.25) is 10.0 Å². The van der Waals surface area contributed by atoms with Gasteiger partial charge in [0, 0.05) is 17.6 Å². The molecule has 5 nitrogen and oxygen atoms in total. The first kappa shape index (κ1) is 15.4. The predicted molar refractivity (Wildman–Crippen MR) is 74.0 cm³/mol. The maximum absolute atomic E-state index is 11.9. The first-order chi connectivity index (χ1) is 8.12. The van der Waals surface area contributed by atoms with E-state index in [1.165, 1.54) is 6.07 Å². The Morgan fingerprint density at radius 2 is 2.17 bits per heavy atom. The fraction of sp³-hybridized carbons (Fsp3) is 0.636. The average molecular weight is 292 g/mol. The molecule has 0 spiro atoms. The van der Waals surface area contributed by atoms with E-state index in [0.29, 0.717) is 18.0 Å². The number of hydrogen-bond acceptors (Lipinski definition) is 5. The number of anilines is 1. The second-order valence-corrected chi connectivity index (χ2v) is 8.02. The highest BCUT2D eigenvalue weighted by Gasteiger charge is 2.25. The molecule has 0 radical (unpaired) electrons. The smallest absolute Gasteiger partial charge is 0.250 e. The third-order valence-corrected chi connectivity index (χ3v) is 5.21. The van der Waals surface area contributed by atoms with Gasteiger partial charge in [0.25, 0.3) is 0 Å². The molecular formula is C11H20N2O3S2. The monoisotopic (exact) mass is 292 g/mol. The minimum absolute atomic E-state index is 0.00861. The zero-order valence-corrected chi connectivity index (χ0v) is 12.4. The maximum Gasteiger partial charge on any atom is 0.250 e. The van der Waals surface area contributed by atoms with E-state index in [0.717, 1.165) is 11.3 Å². The van der Waals surface area contributed by atoms with Crippen LogP contribution in [0, 0.1) is 5.92 Å². The van der Waals surface area contributed by atoms with Crippen molar-refractivity contribution in [3.63, 3.8) is 0 Å². The van der Waals surface area contributed by atoms with Crippen LogP contribution in [-0.4, -0.2) is 25.7 Å². The lowest BCUT2D eigenvalue weighted by atomic mass is 9.95. The molecule has 7 heteroatoms. The highest BCUT2D eigenvalue weighted by molar-refractivity contribution is 7.91. The topological polar surface area (TPSA) is 92.4 Å². The van der Waals surface area contributed by atoms with Crippen molar-refractivity contribution < 1.29 is 13.5 Å². The Bertz CT molecular complexity index is 492. The fourth-order valence-corrected chi connectivity index (χ4v) is 4.03. The molecule has 1 aromatic rings. The Labute approximate surface area is 112 Å². The van der Waals surface area contributed by atoms with Gasteiger partial charge in [-0.15, -0.1) is 11.3 Å². The van der Waals surface area contributed by atoms with E-state index >= 15 is 0 Å². The van der Waals surface area contributed by atoms with Gasteiger partial charge in [-0.2, -0.15) is 0 Å². The van der Waals surface area contributed by atoms with Crippen molar-refractivity contribution in [3.8, 4) is 0 Å². The molecule has 1 aromatic heterocycles. The molecule has 0 fully saturated rings. The fourth-order valence-electron chi connectivity index (χ4n) is 1.74. The molecule has 0 saturated carbocycles. The number of rotatable bonds is 6. The minimum atomic E-state index is -3.58. The van der Waals surface area contributed by atoms with Crippen molar-refractivity contribution in [2.45, 2.75) is 37.0 Å². The number of nitrogens with two attached hydrogens (primary N) is 1. The summed E-state index contributed by atoms with van der Waals surface area (Å²) in [5, 5.41) is 11.6. The van der Waals surface area contributed by atoms with Gasteiger partial charge in [-0.05, 0) is 25.3 Å². The van der Waals surface area contributed by atoms with Gasteiger partial charge in [-0.25, -0.2) is 13.1 Å². The third kappa shape index (κ3) is 4.56. The van der Waals surface area contributed by atoms with Crippen LogP contribution in [-0.2, 0) is 10.0 Å². The molecule has 0 aromatic carbocycles. The van der Waals surface area contributed by atoms with Crippen LogP contribution < -0.4 is 10.5 Å². The highest BCUT2D eigenvalue weighted by atomic mass is 32.2. The van der Waals surface area contributed by atoms with Crippen molar-refractivity contribution in [3.05, 3.63) is 11.4 Å². The van der Waals surface area contributed by atoms with Crippen LogP contribution in [0.3, 0.4) is 0 Å². The van der Waals surface area contributed by atoms with Gasteiger partial charge < -0.3 is 10.8 Å². The zero-order chi connectivity index (χ0) is 14.0. The van der Waals surface area contributed by atoms with Crippen LogP contribution in [0.4, 0.5) is 5.69 Å². The van der Waals surface area contributed by atoms with Gasteiger partial charge >= 0.3 is 0 Å². The summed E-state index contributed by atoms with van der Waals surface area (Å²) < 4.78 is 26.4. The molecule has 4 N–H and O–H groups in total. The van der Waals surface area contributed by atoms with E-state index in [2.05, 4.69) is 4.72 Å². The lowest BCUT2D eigenvalue weighted by Gasteiger charge is -2.25. The molecule has 104 valence electrons. The Morgan fingerprint density at radius 1 is 1.56 bits per heavy atom. The third-order valence-electron chi connectivity index (χ3n) is 2.35. The van der Waals surface area contributed by atoms with Gasteiger partial charge in [-0.1, -0.05) is 13.8 Å². The van der Waals surface area contributed by atoms with E-state index in [4.69, 9.17) is 5.73 Å². The number of nitrogens with one attached hydrogen (secondary N) is 1. The van der Waals surface area contributed by atoms with Crippen molar-refractivity contribution in [2.24, 2.45) is 5.92 Å². The normalized spacial score (nSPS) is 15.8. The molecule has 1 heterocycles. The summed E-state index contributed by atoms with van der Waals surface area (Å²) in [5.41, 5.74) is 4.87. The summed E-state index contributed by atoms with van der Waals surface area (Å²) >= 11 is 1.06. The number of aliphatic hydroxyl groups is 1. The van der Waals surface area contributed by atoms with Crippen LogP contribution >= 0.6 is 11.3 Å². The SMILES string of the molecule is CC(C)CC(C)(O)CNS(=O)(=O)c1cc(N)cs1. The van der Waals surface area contributed by atoms with Crippen LogP contribution in [0.25, 0.3) is 0 Å². The summed E-state index contributed by atoms with van der Waals surface area (Å²) in [7, 11) is -3.58. The van der Waals surface area contributed by atoms with Gasteiger partial charge in [-0.3, -0.25) is 0 Å². The predicted octanol–water partition coefficient (Wildman–Crippen LogP) is 1.41. The summed E-state index contributed by atoms with van der Waals surface area (Å²) in [6.45, 7) is 5.56. The lowest BCUT2D eigenvalue weighted by molar-refractivity contribution is 0.0437. The summed E-state index contributed by atoms with van der Waals surface area (Å²) in [6, 6.07) is 1.41. The molecule has 0 amide bonds. The van der Waals surface area contributed by atoms with E-state index in [1.807, 2.05) is 13.8 Å². The van der Waals surface area contributed by atoms with Crippen molar-refractivity contribution >= 4 is 27.0 Å². The van der Waals surface area contributed by atoms with E-state index in [1.54, 1.807) is 12.3 Å². The summed E-state index contributed by atoms with van der Waals surface area (Å²) in [4.78, 5) is 0. The van der Waals surface area contributed by atoms with Crippen LogP contribution in [0.2, 0.25) is 0 Å². The van der Waals surface area contributed by atoms with Crippen molar-refractivity contribution in [1.82, 2.24) is 4.72 Å². The van der Waals surface area contributed by atoms with E-state index in [9.17, 15) is 13.5 Å². The molecule has 0 bridgehead atoms. The number of nitrogen functional groups attached to an aromatic ring is 1. The second kappa shape index (κ2) is 5.56. The second-order valence-electron chi connectivity index (χ2n) is 5.12. The molecule has 0 aliphatic carbocycles. The Kier molecular flexibility index (Phi) is 4.77. The Hall–Kier alpha value is -0.630. The Morgan fingerprint density at radius 3 is 2.61 bits per heavy atom. The van der Waals surface area contributed by atoms with Crippen LogP contribution in [0.1, 0.15) is 27.2 Å². The van der Waals surface area contributed by atoms with Crippen LogP contribution in [0.15, 0.2) is 15.7 Å². The molecule has 18 heavy (non-hydrogen) atoms. The molecule has 1 unspecified atom stereocenters. The minimum Gasteiger partial charge on any atom is -0.398 e. The molecule has 0 aliphatic heterocycles. The maximum atomic E-state index is 11.9. The molecule has 1 atom stereocenters. The van der Waals surface area contributed by atoms with Gasteiger partial charge in [0.15, 0.2) is 0 Å². The largest absolute Gasteiger partial charge is 0.398 e. The highest BCUT2D eigenvalue weighted by Crippen LogP contribution is 2.22. The number of thiophene rings is 1. The molecular weight excluding hydrogens is 272 g/mol. The van der Waals surface area contributed by atoms with E-state index < -0.39 is 15.6 Å². The summed E-state index contributed by atoms with van der Waals surface area (Å²) in [5.74, 6) is 0.293. The number of hydrogen-bond donors (Lipinski definition) is 3. The first-order valence-electron chi connectivity index (χ1n) is 5.68. The standard InChI is InChI=1S/C11H20N2O3S2/c1-8(2)5-11(3,14)7-13-18(15,16)10-4-9(12)6-17-10/h4,6,8,13-14H,5,7,12H2,1-3H3. The average Bonchev–Trinajstić information content (AvgIpc) is 2.61. The van der Waals surface area contributed by atoms with Gasteiger partial charge in [0.05, 0.1) is 5.60 Å². The van der Waals surface area contributed by atoms with E-state index in [-0.39, 0.29) is 10.8 Å². The number of sulfonamides is 1. The van der Waals surface area contributed by atoms with Crippen LogP contribution in [0.5, 0.6) is 0 Å². The summed E-state index contributed by atoms with van der Waals surface area (Å²) in [6.07, 6.45) is 0.530. The lowest BCUT2D eigenvalue weighted by Crippen LogP contribution is -2.41. The zero-order valence-electron chi connectivity index (χ0n) is 10.8. The first-order valence-corrected chi connectivity index (χ1v) is 8.05.